The lowest BCUT2D eigenvalue weighted by molar-refractivity contribution is 0.550. The van der Waals surface area contributed by atoms with Crippen LogP contribution in [0.2, 0.25) is 0 Å². The molecule has 1 aromatic carbocycles. The van der Waals surface area contributed by atoms with Crippen LogP contribution in [0, 0.1) is 11.6 Å². The molecule has 0 aliphatic heterocycles. The maximum Gasteiger partial charge on any atom is 0.126 e. The highest BCUT2D eigenvalue weighted by molar-refractivity contribution is 5.18. The van der Waals surface area contributed by atoms with Crippen molar-refractivity contribution in [1.82, 2.24) is 5.32 Å². The van der Waals surface area contributed by atoms with E-state index in [1.54, 1.807) is 0 Å². The first-order chi connectivity index (χ1) is 6.61. The molecule has 0 saturated heterocycles. The van der Waals surface area contributed by atoms with Gasteiger partial charge in [0.05, 0.1) is 0 Å². The second-order valence-electron chi connectivity index (χ2n) is 3.44. The van der Waals surface area contributed by atoms with Gasteiger partial charge < -0.3 is 5.32 Å². The van der Waals surface area contributed by atoms with Crippen molar-refractivity contribution >= 4 is 0 Å². The smallest absolute Gasteiger partial charge is 0.126 e. The second kappa shape index (κ2) is 5.05. The van der Waals surface area contributed by atoms with E-state index < -0.39 is 11.6 Å². The van der Waals surface area contributed by atoms with Gasteiger partial charge in [0.25, 0.3) is 0 Å². The number of hydrogen-bond donors (Lipinski definition) is 1. The molecule has 1 rings (SSSR count). The molecule has 1 nitrogen and oxygen atoms in total. The molecule has 0 aromatic heterocycles. The van der Waals surface area contributed by atoms with Gasteiger partial charge in [0.1, 0.15) is 11.6 Å². The highest BCUT2D eigenvalue weighted by Crippen LogP contribution is 2.09. The number of nitrogens with one attached hydrogen (secondary N) is 1. The fourth-order valence-electron chi connectivity index (χ4n) is 1.50. The van der Waals surface area contributed by atoms with Gasteiger partial charge in [0.15, 0.2) is 0 Å². The minimum Gasteiger partial charge on any atom is -0.314 e. The van der Waals surface area contributed by atoms with Gasteiger partial charge in [0, 0.05) is 12.1 Å². The number of halogens is 2. The van der Waals surface area contributed by atoms with E-state index in [2.05, 4.69) is 5.32 Å². The van der Waals surface area contributed by atoms with Crippen LogP contribution in [0.1, 0.15) is 19.4 Å². The molecule has 78 valence electrons. The zero-order chi connectivity index (χ0) is 10.6. The Hall–Kier alpha value is -0.960. The summed E-state index contributed by atoms with van der Waals surface area (Å²) in [5.41, 5.74) is 0.691. The molecule has 1 N–H and O–H groups in total. The van der Waals surface area contributed by atoms with Crippen molar-refractivity contribution in [2.45, 2.75) is 26.3 Å². The quantitative estimate of drug-likeness (QED) is 0.785. The molecule has 1 unspecified atom stereocenters. The second-order valence-corrected chi connectivity index (χ2v) is 3.44. The van der Waals surface area contributed by atoms with Crippen LogP contribution in [0.3, 0.4) is 0 Å². The fraction of sp³-hybridized carbons (Fsp3) is 0.455. The summed E-state index contributed by atoms with van der Waals surface area (Å²) in [5, 5.41) is 3.19. The summed E-state index contributed by atoms with van der Waals surface area (Å²) >= 11 is 0. The van der Waals surface area contributed by atoms with Crippen molar-refractivity contribution in [1.29, 1.82) is 0 Å². The molecule has 0 aliphatic rings. The summed E-state index contributed by atoms with van der Waals surface area (Å²) in [6, 6.07) is 3.87. The van der Waals surface area contributed by atoms with Gasteiger partial charge in [0.2, 0.25) is 0 Å². The Labute approximate surface area is 83.1 Å². The van der Waals surface area contributed by atoms with Gasteiger partial charge in [-0.3, -0.25) is 0 Å². The van der Waals surface area contributed by atoms with E-state index in [0.29, 0.717) is 12.0 Å². The molecular formula is C11H15F2N. The van der Waals surface area contributed by atoms with Crippen LogP contribution in [-0.2, 0) is 6.42 Å². The van der Waals surface area contributed by atoms with Crippen molar-refractivity contribution in [3.8, 4) is 0 Å². The lowest BCUT2D eigenvalue weighted by Gasteiger charge is -2.12. The van der Waals surface area contributed by atoms with Gasteiger partial charge in [-0.2, -0.15) is 0 Å². The Morgan fingerprint density at radius 2 is 1.79 bits per heavy atom. The lowest BCUT2D eigenvalue weighted by atomic mass is 10.1. The van der Waals surface area contributed by atoms with E-state index in [1.165, 1.54) is 12.1 Å². The van der Waals surface area contributed by atoms with Crippen LogP contribution in [0.5, 0.6) is 0 Å². The third-order valence-corrected chi connectivity index (χ3v) is 2.02. The predicted molar refractivity (Wildman–Crippen MR) is 53.2 cm³/mol. The Morgan fingerprint density at radius 3 is 2.29 bits per heavy atom. The van der Waals surface area contributed by atoms with E-state index in [4.69, 9.17) is 0 Å². The standard InChI is InChI=1S/C11H15F2N/c1-3-14-8(2)4-9-5-10(12)7-11(13)6-9/h5-8,14H,3-4H2,1-2H3. The molecule has 1 atom stereocenters. The van der Waals surface area contributed by atoms with Crippen LogP contribution in [0.25, 0.3) is 0 Å². The summed E-state index contributed by atoms with van der Waals surface area (Å²) in [4.78, 5) is 0. The van der Waals surface area contributed by atoms with Gasteiger partial charge in [-0.1, -0.05) is 6.92 Å². The van der Waals surface area contributed by atoms with E-state index in [0.717, 1.165) is 12.6 Å². The largest absolute Gasteiger partial charge is 0.314 e. The average molecular weight is 199 g/mol. The fourth-order valence-corrected chi connectivity index (χ4v) is 1.50. The number of rotatable bonds is 4. The normalized spacial score (nSPS) is 12.9. The third kappa shape index (κ3) is 3.42. The monoisotopic (exact) mass is 199 g/mol. The predicted octanol–water partition coefficient (Wildman–Crippen LogP) is 2.51. The molecule has 3 heteroatoms. The molecule has 0 amide bonds. The Kier molecular flexibility index (Phi) is 4.01. The van der Waals surface area contributed by atoms with Crippen LogP contribution in [-0.4, -0.2) is 12.6 Å². The zero-order valence-corrected chi connectivity index (χ0v) is 8.48. The summed E-state index contributed by atoms with van der Waals surface area (Å²) in [6.07, 6.45) is 0.641. The van der Waals surface area contributed by atoms with Gasteiger partial charge in [-0.05, 0) is 37.6 Å². The molecule has 14 heavy (non-hydrogen) atoms. The summed E-state index contributed by atoms with van der Waals surface area (Å²) < 4.78 is 25.6. The first-order valence-electron chi connectivity index (χ1n) is 4.80. The summed E-state index contributed by atoms with van der Waals surface area (Å²) in [6.45, 7) is 4.86. The molecule has 0 aliphatic carbocycles. The average Bonchev–Trinajstić information content (AvgIpc) is 2.01. The number of benzene rings is 1. The highest BCUT2D eigenvalue weighted by atomic mass is 19.1. The lowest BCUT2D eigenvalue weighted by Crippen LogP contribution is -2.27. The zero-order valence-electron chi connectivity index (χ0n) is 8.48. The minimum absolute atomic E-state index is 0.237. The van der Waals surface area contributed by atoms with E-state index in [1.807, 2.05) is 13.8 Å². The van der Waals surface area contributed by atoms with Gasteiger partial charge in [-0.15, -0.1) is 0 Å². The first kappa shape index (κ1) is 11.1. The maximum atomic E-state index is 12.8. The van der Waals surface area contributed by atoms with Crippen molar-refractivity contribution in [2.24, 2.45) is 0 Å². The van der Waals surface area contributed by atoms with Crippen LogP contribution < -0.4 is 5.32 Å². The molecule has 0 saturated carbocycles. The van der Waals surface area contributed by atoms with E-state index >= 15 is 0 Å². The molecule has 0 heterocycles. The van der Waals surface area contributed by atoms with Crippen molar-refractivity contribution in [2.75, 3.05) is 6.54 Å². The Morgan fingerprint density at radius 1 is 1.21 bits per heavy atom. The van der Waals surface area contributed by atoms with Crippen LogP contribution in [0.4, 0.5) is 8.78 Å². The third-order valence-electron chi connectivity index (χ3n) is 2.02. The topological polar surface area (TPSA) is 12.0 Å². The van der Waals surface area contributed by atoms with Crippen molar-refractivity contribution < 1.29 is 8.78 Å². The van der Waals surface area contributed by atoms with E-state index in [9.17, 15) is 8.78 Å². The highest BCUT2D eigenvalue weighted by Gasteiger charge is 2.04. The Balaban J connectivity index is 2.66. The molecule has 0 spiro atoms. The molecule has 0 fully saturated rings. The summed E-state index contributed by atoms with van der Waals surface area (Å²) in [7, 11) is 0. The summed E-state index contributed by atoms with van der Waals surface area (Å²) in [5.74, 6) is -1.02. The molecule has 0 bridgehead atoms. The minimum atomic E-state index is -0.510. The van der Waals surface area contributed by atoms with E-state index in [-0.39, 0.29) is 6.04 Å². The number of hydrogen-bond acceptors (Lipinski definition) is 1. The van der Waals surface area contributed by atoms with Crippen molar-refractivity contribution in [3.05, 3.63) is 35.4 Å². The van der Waals surface area contributed by atoms with Gasteiger partial charge >= 0.3 is 0 Å². The first-order valence-corrected chi connectivity index (χ1v) is 4.80. The SMILES string of the molecule is CCNC(C)Cc1cc(F)cc(F)c1. The van der Waals surface area contributed by atoms with Crippen LogP contribution in [0.15, 0.2) is 18.2 Å². The molecule has 1 aromatic rings. The van der Waals surface area contributed by atoms with Gasteiger partial charge in [-0.25, -0.2) is 8.78 Å². The molecule has 0 radical (unpaired) electrons. The maximum absolute atomic E-state index is 12.8. The van der Waals surface area contributed by atoms with Crippen molar-refractivity contribution in [3.63, 3.8) is 0 Å². The van der Waals surface area contributed by atoms with Crippen LogP contribution >= 0.6 is 0 Å². The number of likely N-dealkylation sites (N-methyl/N-ethyl adjacent to an activating group) is 1. The molecular weight excluding hydrogens is 184 g/mol. The Bertz CT molecular complexity index is 279.